The second kappa shape index (κ2) is 7.84. The highest BCUT2D eigenvalue weighted by Gasteiger charge is 2.22. The van der Waals surface area contributed by atoms with Gasteiger partial charge in [0.25, 0.3) is 5.91 Å². The number of thiazole rings is 1. The van der Waals surface area contributed by atoms with E-state index in [9.17, 15) is 9.18 Å². The number of benzene rings is 1. The molecular weight excluding hydrogens is 409 g/mol. The molecule has 1 aromatic carbocycles. The van der Waals surface area contributed by atoms with Crippen molar-refractivity contribution >= 4 is 44.0 Å². The van der Waals surface area contributed by atoms with Crippen LogP contribution in [0.25, 0.3) is 10.2 Å². The van der Waals surface area contributed by atoms with Crippen LogP contribution in [-0.4, -0.2) is 54.4 Å². The Bertz CT molecular complexity index is 1170. The van der Waals surface area contributed by atoms with Crippen LogP contribution in [0.1, 0.15) is 15.9 Å². The van der Waals surface area contributed by atoms with Gasteiger partial charge in [-0.25, -0.2) is 9.97 Å². The van der Waals surface area contributed by atoms with E-state index in [2.05, 4.69) is 30.7 Å². The van der Waals surface area contributed by atoms with Gasteiger partial charge in [-0.3, -0.25) is 10.1 Å². The molecule has 0 atom stereocenters. The van der Waals surface area contributed by atoms with E-state index in [1.54, 1.807) is 24.3 Å². The maximum atomic E-state index is 14.5. The number of pyridine rings is 1. The number of nitrogens with zero attached hydrogens (tertiary/aromatic N) is 6. The molecular formula is C19H16FN7O2S. The van der Waals surface area contributed by atoms with Crippen molar-refractivity contribution in [3.05, 3.63) is 47.5 Å². The van der Waals surface area contributed by atoms with Crippen molar-refractivity contribution in [1.82, 2.24) is 9.97 Å². The fraction of sp³-hybridized carbons (Fsp3) is 0.263. The zero-order valence-electron chi connectivity index (χ0n) is 15.7. The number of carbonyl (C=O) groups is 1. The largest absolute Gasteiger partial charge is 0.378 e. The lowest BCUT2D eigenvalue weighted by Gasteiger charge is -2.28. The molecule has 0 aliphatic carbocycles. The van der Waals surface area contributed by atoms with Crippen molar-refractivity contribution in [1.29, 1.82) is 0 Å². The third kappa shape index (κ3) is 3.53. The number of ether oxygens (including phenoxy) is 1. The molecule has 1 N–H and O–H groups in total. The van der Waals surface area contributed by atoms with Crippen LogP contribution in [0.2, 0.25) is 0 Å². The minimum atomic E-state index is -0.546. The molecule has 2 aliphatic rings. The molecule has 4 heterocycles. The van der Waals surface area contributed by atoms with Crippen LogP contribution in [0.3, 0.4) is 0 Å². The molecule has 9 nitrogen and oxygen atoms in total. The standard InChI is InChI=1S/C19H16FN7O2S/c20-17-15(27-5-7-29-8-6-27)16-14(9-21-17)23-19(30-16)24-18(28)12-3-1-11(2-4-12)13-10-22-26-25-13/h1-4,9H,5-8,10H2,(H,23,24,28). The van der Waals surface area contributed by atoms with Gasteiger partial charge in [0.1, 0.15) is 17.7 Å². The lowest BCUT2D eigenvalue weighted by molar-refractivity contribution is 0.102. The SMILES string of the molecule is O=C(Nc1nc2cnc(F)c(N3CCOCC3)c2s1)c1ccc(C2=NN=NC2)cc1. The molecule has 0 saturated carbocycles. The maximum Gasteiger partial charge on any atom is 0.257 e. The highest BCUT2D eigenvalue weighted by Crippen LogP contribution is 2.35. The van der Waals surface area contributed by atoms with E-state index in [-0.39, 0.29) is 5.91 Å². The summed E-state index contributed by atoms with van der Waals surface area (Å²) < 4.78 is 20.5. The van der Waals surface area contributed by atoms with Gasteiger partial charge in [-0.15, -0.1) is 5.10 Å². The molecule has 0 bridgehead atoms. The van der Waals surface area contributed by atoms with Crippen molar-refractivity contribution in [2.45, 2.75) is 0 Å². The number of rotatable bonds is 4. The first kappa shape index (κ1) is 18.7. The van der Waals surface area contributed by atoms with Gasteiger partial charge in [0.05, 0.1) is 29.8 Å². The van der Waals surface area contributed by atoms with Crippen LogP contribution >= 0.6 is 11.3 Å². The van der Waals surface area contributed by atoms with Gasteiger partial charge < -0.3 is 9.64 Å². The predicted octanol–water partition coefficient (Wildman–Crippen LogP) is 3.09. The monoisotopic (exact) mass is 425 g/mol. The molecule has 1 saturated heterocycles. The molecule has 1 amide bonds. The molecule has 2 aliphatic heterocycles. The van der Waals surface area contributed by atoms with Crippen LogP contribution in [-0.2, 0) is 4.74 Å². The molecule has 1 fully saturated rings. The number of nitrogens with one attached hydrogen (secondary N) is 1. The van der Waals surface area contributed by atoms with Crippen LogP contribution in [0, 0.1) is 5.95 Å². The van der Waals surface area contributed by atoms with Crippen molar-refractivity contribution in [3.8, 4) is 0 Å². The normalized spacial score (nSPS) is 16.2. The van der Waals surface area contributed by atoms with E-state index in [0.29, 0.717) is 59.4 Å². The van der Waals surface area contributed by atoms with Crippen LogP contribution in [0.15, 0.2) is 45.9 Å². The summed E-state index contributed by atoms with van der Waals surface area (Å²) in [5, 5.41) is 14.5. The first-order chi connectivity index (χ1) is 14.7. The van der Waals surface area contributed by atoms with Gasteiger partial charge in [0.2, 0.25) is 5.95 Å². The Labute approximate surface area is 174 Å². The van der Waals surface area contributed by atoms with E-state index in [0.717, 1.165) is 11.3 Å². The minimum absolute atomic E-state index is 0.301. The molecule has 2 aromatic heterocycles. The number of hydrogen-bond donors (Lipinski definition) is 1. The van der Waals surface area contributed by atoms with E-state index >= 15 is 0 Å². The molecule has 0 unspecified atom stereocenters. The van der Waals surface area contributed by atoms with Gasteiger partial charge >= 0.3 is 0 Å². The van der Waals surface area contributed by atoms with Gasteiger partial charge in [0.15, 0.2) is 5.13 Å². The number of anilines is 2. The summed E-state index contributed by atoms with van der Waals surface area (Å²) in [5.41, 5.74) is 3.06. The Morgan fingerprint density at radius 3 is 2.73 bits per heavy atom. The highest BCUT2D eigenvalue weighted by molar-refractivity contribution is 7.23. The third-order valence-electron chi connectivity index (χ3n) is 4.84. The Kier molecular flexibility index (Phi) is 4.89. The fourth-order valence-corrected chi connectivity index (χ4v) is 4.32. The van der Waals surface area contributed by atoms with E-state index in [1.165, 1.54) is 17.5 Å². The predicted molar refractivity (Wildman–Crippen MR) is 111 cm³/mol. The summed E-state index contributed by atoms with van der Waals surface area (Å²) in [4.78, 5) is 22.8. The second-order valence-electron chi connectivity index (χ2n) is 6.70. The van der Waals surface area contributed by atoms with E-state index in [1.807, 2.05) is 4.90 Å². The van der Waals surface area contributed by atoms with Crippen LogP contribution in [0.5, 0.6) is 0 Å². The number of amides is 1. The molecule has 0 spiro atoms. The number of aromatic nitrogens is 2. The summed E-state index contributed by atoms with van der Waals surface area (Å²) in [6.07, 6.45) is 1.38. The van der Waals surface area contributed by atoms with Gasteiger partial charge in [-0.05, 0) is 22.9 Å². The number of carbonyl (C=O) groups excluding carboxylic acids is 1. The van der Waals surface area contributed by atoms with Crippen molar-refractivity contribution < 1.29 is 13.9 Å². The summed E-state index contributed by atoms with van der Waals surface area (Å²) in [6, 6.07) is 7.02. The Morgan fingerprint density at radius 1 is 1.20 bits per heavy atom. The zero-order valence-corrected chi connectivity index (χ0v) is 16.5. The Morgan fingerprint density at radius 2 is 2.00 bits per heavy atom. The lowest BCUT2D eigenvalue weighted by atomic mass is 10.1. The molecule has 5 rings (SSSR count). The number of halogens is 1. The summed E-state index contributed by atoms with van der Waals surface area (Å²) >= 11 is 1.23. The van der Waals surface area contributed by atoms with Gasteiger partial charge in [-0.1, -0.05) is 23.5 Å². The van der Waals surface area contributed by atoms with Gasteiger partial charge in [0, 0.05) is 18.7 Å². The first-order valence-electron chi connectivity index (χ1n) is 9.32. The quantitative estimate of drug-likeness (QED) is 0.647. The molecule has 11 heteroatoms. The van der Waals surface area contributed by atoms with Crippen LogP contribution in [0.4, 0.5) is 15.2 Å². The number of hydrogen-bond acceptors (Lipinski definition) is 9. The Balaban J connectivity index is 1.38. The van der Waals surface area contributed by atoms with E-state index in [4.69, 9.17) is 4.74 Å². The third-order valence-corrected chi connectivity index (χ3v) is 5.83. The topological polar surface area (TPSA) is 104 Å². The summed E-state index contributed by atoms with van der Waals surface area (Å²) in [7, 11) is 0. The number of fused-ring (bicyclic) bond motifs is 1. The maximum absolute atomic E-state index is 14.5. The first-order valence-corrected chi connectivity index (χ1v) is 10.1. The minimum Gasteiger partial charge on any atom is -0.378 e. The average Bonchev–Trinajstić information content (AvgIpc) is 3.44. The molecule has 0 radical (unpaired) electrons. The highest BCUT2D eigenvalue weighted by atomic mass is 32.1. The van der Waals surface area contributed by atoms with Crippen LogP contribution < -0.4 is 10.2 Å². The van der Waals surface area contributed by atoms with Crippen molar-refractivity contribution in [2.75, 3.05) is 43.1 Å². The average molecular weight is 425 g/mol. The van der Waals surface area contributed by atoms with Crippen molar-refractivity contribution in [2.24, 2.45) is 15.4 Å². The molecule has 152 valence electrons. The molecule has 3 aromatic rings. The zero-order chi connectivity index (χ0) is 20.5. The van der Waals surface area contributed by atoms with Gasteiger partial charge in [-0.2, -0.15) is 9.50 Å². The lowest BCUT2D eigenvalue weighted by Crippen LogP contribution is -2.36. The van der Waals surface area contributed by atoms with Crippen molar-refractivity contribution in [3.63, 3.8) is 0 Å². The smallest absolute Gasteiger partial charge is 0.257 e. The summed E-state index contributed by atoms with van der Waals surface area (Å²) in [5.74, 6) is -0.848. The Hall–Kier alpha value is -3.31. The van der Waals surface area contributed by atoms with E-state index < -0.39 is 5.95 Å². The molecule has 30 heavy (non-hydrogen) atoms. The summed E-state index contributed by atoms with van der Waals surface area (Å²) in [6.45, 7) is 2.66. The number of morpholine rings is 1. The second-order valence-corrected chi connectivity index (χ2v) is 7.70. The fourth-order valence-electron chi connectivity index (χ4n) is 3.32.